The van der Waals surface area contributed by atoms with E-state index in [1.165, 1.54) is 6.07 Å². The minimum Gasteiger partial charge on any atom is -0.397 e. The zero-order chi connectivity index (χ0) is 10.8. The number of nitrogens with two attached hydrogens (primary N) is 1. The molecular formula is C7H7ClF3N3. The average Bonchev–Trinajstić information content (AvgIpc) is 2.00. The van der Waals surface area contributed by atoms with Crippen molar-refractivity contribution in [3.05, 3.63) is 17.4 Å². The molecule has 1 aromatic rings. The van der Waals surface area contributed by atoms with E-state index < -0.39 is 12.7 Å². The molecule has 3 nitrogen and oxygen atoms in total. The number of nitrogens with one attached hydrogen (secondary N) is 1. The first-order chi connectivity index (χ1) is 6.38. The summed E-state index contributed by atoms with van der Waals surface area (Å²) in [6.07, 6.45) is -3.13. The van der Waals surface area contributed by atoms with Gasteiger partial charge in [-0.15, -0.1) is 0 Å². The van der Waals surface area contributed by atoms with Crippen molar-refractivity contribution in [2.75, 3.05) is 17.6 Å². The zero-order valence-corrected chi connectivity index (χ0v) is 7.65. The molecule has 1 rings (SSSR count). The Labute approximate surface area is 83.1 Å². The van der Waals surface area contributed by atoms with E-state index in [-0.39, 0.29) is 16.5 Å². The van der Waals surface area contributed by atoms with Crippen molar-refractivity contribution in [1.29, 1.82) is 0 Å². The molecule has 0 atom stereocenters. The molecule has 14 heavy (non-hydrogen) atoms. The van der Waals surface area contributed by atoms with Gasteiger partial charge in [-0.25, -0.2) is 4.98 Å². The third-order valence-corrected chi connectivity index (χ3v) is 1.59. The van der Waals surface area contributed by atoms with Crippen molar-refractivity contribution in [3.8, 4) is 0 Å². The summed E-state index contributed by atoms with van der Waals surface area (Å²) in [5.74, 6) is 0. The fourth-order valence-electron chi connectivity index (χ4n) is 0.787. The number of rotatable bonds is 2. The molecule has 0 amide bonds. The van der Waals surface area contributed by atoms with Gasteiger partial charge in [-0.1, -0.05) is 11.6 Å². The van der Waals surface area contributed by atoms with Crippen LogP contribution in [0.1, 0.15) is 0 Å². The third kappa shape index (κ3) is 3.29. The van der Waals surface area contributed by atoms with E-state index in [4.69, 9.17) is 17.3 Å². The lowest BCUT2D eigenvalue weighted by molar-refractivity contribution is -0.115. The van der Waals surface area contributed by atoms with E-state index in [9.17, 15) is 13.2 Å². The van der Waals surface area contributed by atoms with Gasteiger partial charge >= 0.3 is 6.18 Å². The van der Waals surface area contributed by atoms with Crippen molar-refractivity contribution in [2.45, 2.75) is 6.18 Å². The van der Waals surface area contributed by atoms with Crippen LogP contribution < -0.4 is 11.1 Å². The zero-order valence-electron chi connectivity index (χ0n) is 6.90. The van der Waals surface area contributed by atoms with Crippen LogP contribution in [-0.2, 0) is 0 Å². The molecule has 0 saturated carbocycles. The molecule has 0 aromatic carbocycles. The van der Waals surface area contributed by atoms with Gasteiger partial charge in [0.25, 0.3) is 0 Å². The highest BCUT2D eigenvalue weighted by molar-refractivity contribution is 6.29. The van der Waals surface area contributed by atoms with Crippen LogP contribution in [0.25, 0.3) is 0 Å². The number of pyridine rings is 1. The van der Waals surface area contributed by atoms with Crippen molar-refractivity contribution in [2.24, 2.45) is 0 Å². The van der Waals surface area contributed by atoms with Gasteiger partial charge in [0, 0.05) is 6.07 Å². The van der Waals surface area contributed by atoms with Crippen molar-refractivity contribution < 1.29 is 13.2 Å². The van der Waals surface area contributed by atoms with Crippen LogP contribution in [0.3, 0.4) is 0 Å². The Morgan fingerprint density at radius 3 is 2.64 bits per heavy atom. The molecule has 0 bridgehead atoms. The predicted molar refractivity (Wildman–Crippen MR) is 48.2 cm³/mol. The van der Waals surface area contributed by atoms with Gasteiger partial charge in [0.2, 0.25) is 0 Å². The Balaban J connectivity index is 2.68. The Hall–Kier alpha value is -1.17. The predicted octanol–water partition coefficient (Wildman–Crippen LogP) is 2.29. The second-order valence-corrected chi connectivity index (χ2v) is 2.95. The summed E-state index contributed by atoms with van der Waals surface area (Å²) >= 11 is 5.47. The molecule has 0 fully saturated rings. The van der Waals surface area contributed by atoms with Gasteiger partial charge in [-0.2, -0.15) is 13.2 Å². The summed E-state index contributed by atoms with van der Waals surface area (Å²) in [5.41, 5.74) is 5.65. The van der Waals surface area contributed by atoms with Crippen LogP contribution >= 0.6 is 11.6 Å². The van der Waals surface area contributed by atoms with Gasteiger partial charge in [-0.05, 0) is 0 Å². The monoisotopic (exact) mass is 225 g/mol. The Kier molecular flexibility index (Phi) is 3.05. The highest BCUT2D eigenvalue weighted by atomic mass is 35.5. The molecule has 0 aliphatic heterocycles. The number of halogens is 4. The lowest BCUT2D eigenvalue weighted by Crippen LogP contribution is -2.21. The summed E-state index contributed by atoms with van der Waals surface area (Å²) < 4.78 is 35.4. The summed E-state index contributed by atoms with van der Waals surface area (Å²) in [4.78, 5) is 3.60. The molecule has 3 N–H and O–H groups in total. The Morgan fingerprint density at radius 1 is 1.50 bits per heavy atom. The molecule has 7 heteroatoms. The van der Waals surface area contributed by atoms with Gasteiger partial charge < -0.3 is 11.1 Å². The molecule has 78 valence electrons. The van der Waals surface area contributed by atoms with Gasteiger partial charge in [0.05, 0.1) is 17.6 Å². The van der Waals surface area contributed by atoms with Gasteiger partial charge in [0.1, 0.15) is 11.7 Å². The van der Waals surface area contributed by atoms with Crippen molar-refractivity contribution in [1.82, 2.24) is 4.98 Å². The lowest BCUT2D eigenvalue weighted by atomic mass is 10.3. The van der Waals surface area contributed by atoms with Crippen LogP contribution in [-0.4, -0.2) is 17.7 Å². The van der Waals surface area contributed by atoms with Gasteiger partial charge in [-0.3, -0.25) is 0 Å². The van der Waals surface area contributed by atoms with Crippen LogP contribution in [0, 0.1) is 0 Å². The topological polar surface area (TPSA) is 50.9 Å². The Bertz CT molecular complexity index is 326. The second-order valence-electron chi connectivity index (χ2n) is 2.56. The van der Waals surface area contributed by atoms with Gasteiger partial charge in [0.15, 0.2) is 0 Å². The summed E-state index contributed by atoms with van der Waals surface area (Å²) in [7, 11) is 0. The molecule has 0 unspecified atom stereocenters. The van der Waals surface area contributed by atoms with E-state index in [1.54, 1.807) is 0 Å². The SMILES string of the molecule is Nc1cc(Cl)ncc1NCC(F)(F)F. The van der Waals surface area contributed by atoms with Crippen LogP contribution in [0.4, 0.5) is 24.5 Å². The molecule has 0 radical (unpaired) electrons. The molecule has 0 spiro atoms. The molecule has 0 aliphatic carbocycles. The van der Waals surface area contributed by atoms with Crippen LogP contribution in [0.15, 0.2) is 12.3 Å². The van der Waals surface area contributed by atoms with Crippen LogP contribution in [0.5, 0.6) is 0 Å². The highest BCUT2D eigenvalue weighted by Gasteiger charge is 2.26. The number of hydrogen-bond donors (Lipinski definition) is 2. The summed E-state index contributed by atoms with van der Waals surface area (Å²) in [5, 5.41) is 2.25. The number of aromatic nitrogens is 1. The molecule has 0 saturated heterocycles. The maximum absolute atomic E-state index is 11.8. The summed E-state index contributed by atoms with van der Waals surface area (Å²) in [6.45, 7) is -1.15. The fraction of sp³-hybridized carbons (Fsp3) is 0.286. The number of nitrogens with zero attached hydrogens (tertiary/aromatic N) is 1. The number of anilines is 2. The summed E-state index contributed by atoms with van der Waals surface area (Å²) in [6, 6.07) is 1.28. The fourth-order valence-corrected chi connectivity index (χ4v) is 0.954. The standard InChI is InChI=1S/C7H7ClF3N3/c8-6-1-4(12)5(2-13-6)14-3-7(9,10)11/h1-2,14H,3H2,(H2,12,13). The normalized spacial score (nSPS) is 11.4. The third-order valence-electron chi connectivity index (χ3n) is 1.38. The lowest BCUT2D eigenvalue weighted by Gasteiger charge is -2.10. The maximum atomic E-state index is 11.8. The quantitative estimate of drug-likeness (QED) is 0.760. The van der Waals surface area contributed by atoms with E-state index in [0.29, 0.717) is 0 Å². The number of hydrogen-bond acceptors (Lipinski definition) is 3. The second kappa shape index (κ2) is 3.91. The van der Waals surface area contributed by atoms with E-state index in [1.807, 2.05) is 0 Å². The van der Waals surface area contributed by atoms with Crippen molar-refractivity contribution in [3.63, 3.8) is 0 Å². The van der Waals surface area contributed by atoms with E-state index >= 15 is 0 Å². The van der Waals surface area contributed by atoms with E-state index in [0.717, 1.165) is 6.20 Å². The first-order valence-electron chi connectivity index (χ1n) is 3.60. The maximum Gasteiger partial charge on any atom is 0.405 e. The first-order valence-corrected chi connectivity index (χ1v) is 3.98. The number of alkyl halides is 3. The van der Waals surface area contributed by atoms with Crippen LogP contribution in [0.2, 0.25) is 5.15 Å². The first kappa shape index (κ1) is 10.9. The largest absolute Gasteiger partial charge is 0.405 e. The smallest absolute Gasteiger partial charge is 0.397 e. The average molecular weight is 226 g/mol. The minimum atomic E-state index is -4.29. The minimum absolute atomic E-state index is 0.117. The molecular weight excluding hydrogens is 219 g/mol. The van der Waals surface area contributed by atoms with Crippen molar-refractivity contribution >= 4 is 23.0 Å². The van der Waals surface area contributed by atoms with E-state index in [2.05, 4.69) is 10.3 Å². The highest BCUT2D eigenvalue weighted by Crippen LogP contribution is 2.22. The number of nitrogen functional groups attached to an aromatic ring is 1. The molecule has 1 aromatic heterocycles. The Morgan fingerprint density at radius 2 is 2.14 bits per heavy atom. The molecule has 0 aliphatic rings. The molecule has 1 heterocycles.